The zero-order chi connectivity index (χ0) is 13.6. The van der Waals surface area contributed by atoms with Crippen molar-refractivity contribution in [1.82, 2.24) is 0 Å². The predicted octanol–water partition coefficient (Wildman–Crippen LogP) is 2.96. The van der Waals surface area contributed by atoms with Crippen molar-refractivity contribution in [3.63, 3.8) is 0 Å². The van der Waals surface area contributed by atoms with E-state index in [0.29, 0.717) is 12.3 Å². The van der Waals surface area contributed by atoms with Crippen LogP contribution in [0.3, 0.4) is 0 Å². The standard InChI is InChI=1S/C11H15F5O2/c12-9(13)10(17,11(14,15)16)18-5-8-4-6-1-2-7(8)3-6/h6-9,17H,1-5H2. The molecule has 0 aromatic carbocycles. The molecular weight excluding hydrogens is 259 g/mol. The zero-order valence-electron chi connectivity index (χ0n) is 9.59. The number of rotatable bonds is 4. The SMILES string of the molecule is OC(OCC1CC2CCC1C2)(C(F)F)C(F)(F)F. The Balaban J connectivity index is 1.95. The van der Waals surface area contributed by atoms with Gasteiger partial charge >= 0.3 is 18.4 Å². The van der Waals surface area contributed by atoms with Crippen molar-refractivity contribution < 1.29 is 31.8 Å². The van der Waals surface area contributed by atoms with Crippen LogP contribution in [-0.2, 0) is 4.74 Å². The Morgan fingerprint density at radius 1 is 1.17 bits per heavy atom. The quantitative estimate of drug-likeness (QED) is 0.631. The molecule has 0 amide bonds. The third-order valence-electron chi connectivity index (χ3n) is 4.10. The Kier molecular flexibility index (Phi) is 3.57. The number of aliphatic hydroxyl groups is 1. The van der Waals surface area contributed by atoms with Gasteiger partial charge in [-0.2, -0.15) is 13.2 Å². The van der Waals surface area contributed by atoms with Gasteiger partial charge in [-0.1, -0.05) is 6.42 Å². The summed E-state index contributed by atoms with van der Waals surface area (Å²) in [6.07, 6.45) is -5.87. The van der Waals surface area contributed by atoms with Gasteiger partial charge in [0.1, 0.15) is 0 Å². The van der Waals surface area contributed by atoms with Crippen molar-refractivity contribution in [2.75, 3.05) is 6.61 Å². The third-order valence-corrected chi connectivity index (χ3v) is 4.10. The fourth-order valence-electron chi connectivity index (χ4n) is 3.08. The maximum Gasteiger partial charge on any atom is 0.449 e. The highest BCUT2D eigenvalue weighted by Crippen LogP contribution is 2.49. The van der Waals surface area contributed by atoms with Crippen LogP contribution in [0.25, 0.3) is 0 Å². The summed E-state index contributed by atoms with van der Waals surface area (Å²) in [6, 6.07) is 0. The molecule has 4 atom stereocenters. The van der Waals surface area contributed by atoms with E-state index in [4.69, 9.17) is 5.11 Å². The smallest absolute Gasteiger partial charge is 0.354 e. The van der Waals surface area contributed by atoms with Crippen molar-refractivity contribution >= 4 is 0 Å². The monoisotopic (exact) mass is 274 g/mol. The van der Waals surface area contributed by atoms with Crippen LogP contribution in [0.5, 0.6) is 0 Å². The van der Waals surface area contributed by atoms with E-state index in [2.05, 4.69) is 4.74 Å². The molecule has 2 rings (SSSR count). The molecule has 0 spiro atoms. The molecular formula is C11H15F5O2. The van der Waals surface area contributed by atoms with Gasteiger partial charge in [0.25, 0.3) is 0 Å². The molecule has 2 nitrogen and oxygen atoms in total. The first-order valence-electron chi connectivity index (χ1n) is 5.95. The number of fused-ring (bicyclic) bond motifs is 2. The molecule has 2 aliphatic carbocycles. The Labute approximate surface area is 101 Å². The minimum atomic E-state index is -5.49. The molecule has 0 heterocycles. The molecule has 2 saturated carbocycles. The number of alkyl halides is 5. The highest BCUT2D eigenvalue weighted by atomic mass is 19.4. The number of ether oxygens (including phenoxy) is 1. The molecule has 4 unspecified atom stereocenters. The number of halogens is 5. The van der Waals surface area contributed by atoms with Crippen LogP contribution in [-0.4, -0.2) is 30.1 Å². The summed E-state index contributed by atoms with van der Waals surface area (Å²) in [7, 11) is 0. The zero-order valence-corrected chi connectivity index (χ0v) is 9.59. The molecule has 0 radical (unpaired) electrons. The number of hydrogen-bond acceptors (Lipinski definition) is 2. The average molecular weight is 274 g/mol. The summed E-state index contributed by atoms with van der Waals surface area (Å²) in [5, 5.41) is 8.96. The minimum Gasteiger partial charge on any atom is -0.354 e. The van der Waals surface area contributed by atoms with E-state index in [-0.39, 0.29) is 11.8 Å². The lowest BCUT2D eigenvalue weighted by molar-refractivity contribution is -0.403. The summed E-state index contributed by atoms with van der Waals surface area (Å²) in [5.41, 5.74) is 0. The molecule has 0 saturated heterocycles. The largest absolute Gasteiger partial charge is 0.449 e. The van der Waals surface area contributed by atoms with Gasteiger partial charge in [-0.3, -0.25) is 0 Å². The highest BCUT2D eigenvalue weighted by Gasteiger charge is 2.62. The van der Waals surface area contributed by atoms with Gasteiger partial charge in [-0.05, 0) is 37.0 Å². The first kappa shape index (κ1) is 14.0. The van der Waals surface area contributed by atoms with Crippen molar-refractivity contribution in [2.24, 2.45) is 17.8 Å². The summed E-state index contributed by atoms with van der Waals surface area (Å²) in [6.45, 7) is -0.457. The van der Waals surface area contributed by atoms with Crippen LogP contribution in [0.15, 0.2) is 0 Å². The molecule has 2 bridgehead atoms. The van der Waals surface area contributed by atoms with Gasteiger partial charge in [0.05, 0.1) is 6.61 Å². The lowest BCUT2D eigenvalue weighted by Gasteiger charge is -2.32. The van der Waals surface area contributed by atoms with E-state index in [9.17, 15) is 22.0 Å². The molecule has 0 aromatic rings. The second-order valence-electron chi connectivity index (χ2n) is 5.24. The van der Waals surface area contributed by atoms with Gasteiger partial charge < -0.3 is 9.84 Å². The molecule has 7 heteroatoms. The Bertz CT molecular complexity index is 306. The Morgan fingerprint density at radius 3 is 2.22 bits per heavy atom. The predicted molar refractivity (Wildman–Crippen MR) is 51.9 cm³/mol. The maximum atomic E-state index is 12.4. The number of hydrogen-bond donors (Lipinski definition) is 1. The first-order valence-corrected chi connectivity index (χ1v) is 5.95. The molecule has 0 aliphatic heterocycles. The van der Waals surface area contributed by atoms with Gasteiger partial charge in [0.15, 0.2) is 0 Å². The van der Waals surface area contributed by atoms with E-state index in [1.165, 1.54) is 0 Å². The third kappa shape index (κ3) is 2.34. The fraction of sp³-hybridized carbons (Fsp3) is 1.00. The van der Waals surface area contributed by atoms with E-state index in [1.54, 1.807) is 0 Å². The van der Waals surface area contributed by atoms with Crippen molar-refractivity contribution in [3.8, 4) is 0 Å². The summed E-state index contributed by atoms with van der Waals surface area (Å²) < 4.78 is 66.0. The van der Waals surface area contributed by atoms with E-state index in [0.717, 1.165) is 19.3 Å². The van der Waals surface area contributed by atoms with E-state index in [1.807, 2.05) is 0 Å². The normalized spacial score (nSPS) is 35.2. The minimum absolute atomic E-state index is 0.142. The van der Waals surface area contributed by atoms with Crippen molar-refractivity contribution in [2.45, 2.75) is 44.1 Å². The van der Waals surface area contributed by atoms with Crippen LogP contribution in [0.1, 0.15) is 25.7 Å². The van der Waals surface area contributed by atoms with E-state index < -0.39 is 25.0 Å². The summed E-state index contributed by atoms with van der Waals surface area (Å²) >= 11 is 0. The van der Waals surface area contributed by atoms with Crippen LogP contribution in [0, 0.1) is 17.8 Å². The van der Waals surface area contributed by atoms with Crippen molar-refractivity contribution in [1.29, 1.82) is 0 Å². The average Bonchev–Trinajstić information content (AvgIpc) is 2.85. The fourth-order valence-corrected chi connectivity index (χ4v) is 3.08. The topological polar surface area (TPSA) is 29.5 Å². The second kappa shape index (κ2) is 4.59. The second-order valence-corrected chi connectivity index (χ2v) is 5.24. The first-order chi connectivity index (χ1) is 8.24. The van der Waals surface area contributed by atoms with Gasteiger partial charge in [0.2, 0.25) is 0 Å². The van der Waals surface area contributed by atoms with Crippen LogP contribution in [0.2, 0.25) is 0 Å². The van der Waals surface area contributed by atoms with E-state index >= 15 is 0 Å². The molecule has 2 aliphatic rings. The molecule has 106 valence electrons. The Hall–Kier alpha value is -0.430. The van der Waals surface area contributed by atoms with Gasteiger partial charge in [-0.25, -0.2) is 8.78 Å². The molecule has 0 aromatic heterocycles. The van der Waals surface area contributed by atoms with Crippen molar-refractivity contribution in [3.05, 3.63) is 0 Å². The summed E-state index contributed by atoms with van der Waals surface area (Å²) in [5.74, 6) is -3.75. The van der Waals surface area contributed by atoms with Gasteiger partial charge in [0, 0.05) is 0 Å². The molecule has 1 N–H and O–H groups in total. The lowest BCUT2D eigenvalue weighted by atomic mass is 9.89. The van der Waals surface area contributed by atoms with Crippen LogP contribution in [0.4, 0.5) is 22.0 Å². The summed E-state index contributed by atoms with van der Waals surface area (Å²) in [4.78, 5) is 0. The Morgan fingerprint density at radius 2 is 1.83 bits per heavy atom. The molecule has 18 heavy (non-hydrogen) atoms. The lowest BCUT2D eigenvalue weighted by Crippen LogP contribution is -2.54. The maximum absolute atomic E-state index is 12.4. The van der Waals surface area contributed by atoms with Gasteiger partial charge in [-0.15, -0.1) is 0 Å². The molecule has 2 fully saturated rings. The highest BCUT2D eigenvalue weighted by molar-refractivity contribution is 4.90. The van der Waals surface area contributed by atoms with Crippen LogP contribution >= 0.6 is 0 Å². The van der Waals surface area contributed by atoms with Crippen LogP contribution < -0.4 is 0 Å².